The predicted octanol–water partition coefficient (Wildman–Crippen LogP) is -0.118. The van der Waals surface area contributed by atoms with Crippen molar-refractivity contribution in [3.63, 3.8) is 0 Å². The lowest BCUT2D eigenvalue weighted by atomic mass is 10.1. The maximum absolute atomic E-state index is 11.9. The Bertz CT molecular complexity index is 339. The second-order valence-corrected chi connectivity index (χ2v) is 5.66. The Morgan fingerprint density at radius 3 is 2.60 bits per heavy atom. The quantitative estimate of drug-likeness (QED) is 0.683. The summed E-state index contributed by atoms with van der Waals surface area (Å²) in [5, 5.41) is 6.15. The lowest BCUT2D eigenvalue weighted by molar-refractivity contribution is -0.136. The minimum absolute atomic E-state index is 0.0371. The third-order valence-electron chi connectivity index (χ3n) is 3.70. The third kappa shape index (κ3) is 5.46. The van der Waals surface area contributed by atoms with Gasteiger partial charge in [-0.25, -0.2) is 0 Å². The number of piperidine rings is 1. The molecule has 0 aromatic heterocycles. The molecule has 0 spiro atoms. The van der Waals surface area contributed by atoms with Crippen LogP contribution in [0.2, 0.25) is 0 Å². The van der Waals surface area contributed by atoms with Crippen molar-refractivity contribution >= 4 is 11.8 Å². The van der Waals surface area contributed by atoms with Crippen LogP contribution in [0.25, 0.3) is 0 Å². The highest BCUT2D eigenvalue weighted by Gasteiger charge is 2.24. The highest BCUT2D eigenvalue weighted by Crippen LogP contribution is 2.18. The van der Waals surface area contributed by atoms with Crippen LogP contribution in [0.5, 0.6) is 0 Å². The standard InChI is InChI=1S/C14H25N3O3/c1-17(10-13(18)16-11-2-3-11)14(19)6-9-20-12-4-7-15-8-5-12/h11-12,15H,2-10H2,1H3,(H,16,18). The van der Waals surface area contributed by atoms with Crippen LogP contribution >= 0.6 is 0 Å². The van der Waals surface area contributed by atoms with Crippen LogP contribution in [-0.4, -0.2) is 62.1 Å². The summed E-state index contributed by atoms with van der Waals surface area (Å²) in [4.78, 5) is 24.9. The number of likely N-dealkylation sites (N-methyl/N-ethyl adjacent to an activating group) is 1. The van der Waals surface area contributed by atoms with E-state index in [-0.39, 0.29) is 24.5 Å². The van der Waals surface area contributed by atoms with Crippen molar-refractivity contribution in [1.29, 1.82) is 0 Å². The minimum atomic E-state index is -0.0670. The van der Waals surface area contributed by atoms with Gasteiger partial charge in [0, 0.05) is 13.1 Å². The van der Waals surface area contributed by atoms with E-state index in [1.54, 1.807) is 7.05 Å². The molecule has 2 aliphatic rings. The largest absolute Gasteiger partial charge is 0.378 e. The van der Waals surface area contributed by atoms with Gasteiger partial charge in [0.05, 0.1) is 25.7 Å². The van der Waals surface area contributed by atoms with Gasteiger partial charge in [-0.2, -0.15) is 0 Å². The molecule has 2 amide bonds. The van der Waals surface area contributed by atoms with Gasteiger partial charge in [-0.15, -0.1) is 0 Å². The molecule has 20 heavy (non-hydrogen) atoms. The molecule has 0 aromatic carbocycles. The average Bonchev–Trinajstić information content (AvgIpc) is 3.23. The summed E-state index contributed by atoms with van der Waals surface area (Å²) in [6.45, 7) is 2.56. The Morgan fingerprint density at radius 1 is 1.25 bits per heavy atom. The fourth-order valence-electron chi connectivity index (χ4n) is 2.27. The van der Waals surface area contributed by atoms with Crippen molar-refractivity contribution in [3.8, 4) is 0 Å². The fourth-order valence-corrected chi connectivity index (χ4v) is 2.27. The van der Waals surface area contributed by atoms with Crippen LogP contribution in [-0.2, 0) is 14.3 Å². The lowest BCUT2D eigenvalue weighted by Gasteiger charge is -2.23. The predicted molar refractivity (Wildman–Crippen MR) is 75.3 cm³/mol. The summed E-state index contributed by atoms with van der Waals surface area (Å²) in [7, 11) is 1.67. The van der Waals surface area contributed by atoms with E-state index in [9.17, 15) is 9.59 Å². The molecule has 0 unspecified atom stereocenters. The molecule has 114 valence electrons. The zero-order valence-electron chi connectivity index (χ0n) is 12.2. The maximum Gasteiger partial charge on any atom is 0.239 e. The first-order chi connectivity index (χ1) is 9.65. The van der Waals surface area contributed by atoms with Crippen molar-refractivity contribution in [2.45, 2.75) is 44.2 Å². The van der Waals surface area contributed by atoms with E-state index in [0.717, 1.165) is 38.8 Å². The Balaban J connectivity index is 1.56. The van der Waals surface area contributed by atoms with E-state index < -0.39 is 0 Å². The molecule has 1 aliphatic carbocycles. The number of carbonyl (C=O) groups is 2. The highest BCUT2D eigenvalue weighted by molar-refractivity contribution is 5.84. The van der Waals surface area contributed by atoms with E-state index in [2.05, 4.69) is 10.6 Å². The van der Waals surface area contributed by atoms with E-state index in [1.165, 1.54) is 4.90 Å². The molecule has 1 heterocycles. The van der Waals surface area contributed by atoms with Gasteiger partial charge in [-0.1, -0.05) is 0 Å². The van der Waals surface area contributed by atoms with Gasteiger partial charge in [-0.3, -0.25) is 9.59 Å². The molecule has 2 rings (SSSR count). The molecule has 1 saturated heterocycles. The number of ether oxygens (including phenoxy) is 1. The van der Waals surface area contributed by atoms with Crippen molar-refractivity contribution in [3.05, 3.63) is 0 Å². The zero-order valence-corrected chi connectivity index (χ0v) is 12.2. The van der Waals surface area contributed by atoms with Gasteiger partial charge in [-0.05, 0) is 38.8 Å². The monoisotopic (exact) mass is 283 g/mol. The molecule has 6 heteroatoms. The van der Waals surface area contributed by atoms with Crippen LogP contribution in [0.1, 0.15) is 32.1 Å². The molecule has 1 saturated carbocycles. The van der Waals surface area contributed by atoms with Gasteiger partial charge in [0.1, 0.15) is 0 Å². The van der Waals surface area contributed by atoms with E-state index >= 15 is 0 Å². The minimum Gasteiger partial charge on any atom is -0.378 e. The summed E-state index contributed by atoms with van der Waals surface area (Å²) in [5.41, 5.74) is 0. The molecular formula is C14H25N3O3. The second-order valence-electron chi connectivity index (χ2n) is 5.66. The smallest absolute Gasteiger partial charge is 0.239 e. The fraction of sp³-hybridized carbons (Fsp3) is 0.857. The first-order valence-electron chi connectivity index (χ1n) is 7.51. The van der Waals surface area contributed by atoms with E-state index in [4.69, 9.17) is 4.74 Å². The van der Waals surface area contributed by atoms with Crippen molar-refractivity contribution < 1.29 is 14.3 Å². The first-order valence-corrected chi connectivity index (χ1v) is 7.51. The summed E-state index contributed by atoms with van der Waals surface area (Å²) in [6.07, 6.45) is 4.76. The van der Waals surface area contributed by atoms with Crippen molar-refractivity contribution in [2.75, 3.05) is 33.3 Å². The van der Waals surface area contributed by atoms with Gasteiger partial charge in [0.25, 0.3) is 0 Å². The SMILES string of the molecule is CN(CC(=O)NC1CC1)C(=O)CCOC1CCNCC1. The third-order valence-corrected chi connectivity index (χ3v) is 3.70. The van der Waals surface area contributed by atoms with Crippen LogP contribution in [0.3, 0.4) is 0 Å². The van der Waals surface area contributed by atoms with Crippen LogP contribution in [0.15, 0.2) is 0 Å². The van der Waals surface area contributed by atoms with E-state index in [1.807, 2.05) is 0 Å². The van der Waals surface area contributed by atoms with Crippen LogP contribution in [0, 0.1) is 0 Å². The Hall–Kier alpha value is -1.14. The Morgan fingerprint density at radius 2 is 1.95 bits per heavy atom. The molecule has 6 nitrogen and oxygen atoms in total. The Labute approximate surface area is 120 Å². The maximum atomic E-state index is 11.9. The Kier molecular flexibility index (Phi) is 5.79. The lowest BCUT2D eigenvalue weighted by Crippen LogP contribution is -2.39. The topological polar surface area (TPSA) is 70.7 Å². The van der Waals surface area contributed by atoms with Gasteiger partial charge < -0.3 is 20.3 Å². The highest BCUT2D eigenvalue weighted by atomic mass is 16.5. The number of hydrogen-bond donors (Lipinski definition) is 2. The zero-order chi connectivity index (χ0) is 14.4. The van der Waals surface area contributed by atoms with Gasteiger partial charge in [0.2, 0.25) is 11.8 Å². The number of amides is 2. The molecule has 1 aliphatic heterocycles. The summed E-state index contributed by atoms with van der Waals surface area (Å²) in [5.74, 6) is -0.104. The van der Waals surface area contributed by atoms with Crippen LogP contribution in [0.4, 0.5) is 0 Å². The molecular weight excluding hydrogens is 258 g/mol. The molecule has 0 bridgehead atoms. The second kappa shape index (κ2) is 7.59. The number of carbonyl (C=O) groups excluding carboxylic acids is 2. The molecule has 0 radical (unpaired) electrons. The first kappa shape index (κ1) is 15.3. The molecule has 2 N–H and O–H groups in total. The van der Waals surface area contributed by atoms with E-state index in [0.29, 0.717) is 19.1 Å². The van der Waals surface area contributed by atoms with Gasteiger partial charge >= 0.3 is 0 Å². The summed E-state index contributed by atoms with van der Waals surface area (Å²) < 4.78 is 5.70. The molecule has 0 aromatic rings. The summed E-state index contributed by atoms with van der Waals surface area (Å²) >= 11 is 0. The summed E-state index contributed by atoms with van der Waals surface area (Å²) in [6, 6.07) is 0.342. The number of rotatable bonds is 7. The number of hydrogen-bond acceptors (Lipinski definition) is 4. The van der Waals surface area contributed by atoms with Crippen LogP contribution < -0.4 is 10.6 Å². The van der Waals surface area contributed by atoms with Crippen molar-refractivity contribution in [2.24, 2.45) is 0 Å². The normalized spacial score (nSPS) is 19.6. The van der Waals surface area contributed by atoms with Gasteiger partial charge in [0.15, 0.2) is 0 Å². The van der Waals surface area contributed by atoms with Crippen molar-refractivity contribution in [1.82, 2.24) is 15.5 Å². The molecule has 2 fully saturated rings. The number of nitrogens with one attached hydrogen (secondary N) is 2. The number of nitrogens with zero attached hydrogens (tertiary/aromatic N) is 1. The average molecular weight is 283 g/mol. The molecule has 0 atom stereocenters.